The largest absolute Gasteiger partial charge is 0.0857 e. The maximum atomic E-state index is 2.26. The monoisotopic (exact) mass is 212 g/mol. The van der Waals surface area contributed by atoms with Crippen LogP contribution in [0, 0.1) is 23.7 Å². The molecule has 0 aromatic heterocycles. The third-order valence-electron chi connectivity index (χ3n) is 1.82. The summed E-state index contributed by atoms with van der Waals surface area (Å²) in [6.45, 7) is 17.8. The van der Waals surface area contributed by atoms with Crippen LogP contribution in [0.25, 0.3) is 0 Å². The van der Waals surface area contributed by atoms with Crippen LogP contribution in [-0.2, 0) is 0 Å². The zero-order valence-corrected chi connectivity index (χ0v) is 12.2. The Bertz CT molecular complexity index is 122. The van der Waals surface area contributed by atoms with Gasteiger partial charge in [-0.2, -0.15) is 0 Å². The maximum Gasteiger partial charge on any atom is -0.0290 e. The van der Waals surface area contributed by atoms with Gasteiger partial charge in [-0.25, -0.2) is 0 Å². The molecular formula is C15H32. The van der Waals surface area contributed by atoms with Gasteiger partial charge in [-0.1, -0.05) is 67.5 Å². The van der Waals surface area contributed by atoms with Crippen molar-refractivity contribution in [3.8, 4) is 0 Å². The van der Waals surface area contributed by atoms with Gasteiger partial charge in [0.15, 0.2) is 0 Å². The lowest BCUT2D eigenvalue weighted by Gasteiger charge is -2.05. The van der Waals surface area contributed by atoms with Crippen LogP contribution in [0.3, 0.4) is 0 Å². The molecule has 0 saturated carbocycles. The summed E-state index contributed by atoms with van der Waals surface area (Å²) >= 11 is 0. The Labute approximate surface area is 98.2 Å². The molecule has 0 aliphatic carbocycles. The van der Waals surface area contributed by atoms with E-state index in [9.17, 15) is 0 Å². The Hall–Kier alpha value is -0.260. The molecule has 0 aliphatic heterocycles. The first-order chi connectivity index (χ1) is 6.75. The molecule has 0 aliphatic rings. The van der Waals surface area contributed by atoms with E-state index in [1.165, 1.54) is 6.42 Å². The smallest absolute Gasteiger partial charge is 0.0290 e. The van der Waals surface area contributed by atoms with E-state index < -0.39 is 0 Å². The summed E-state index contributed by atoms with van der Waals surface area (Å²) in [5, 5.41) is 0. The Morgan fingerprint density at radius 3 is 0.933 bits per heavy atom. The average molecular weight is 212 g/mol. The Morgan fingerprint density at radius 1 is 0.600 bits per heavy atom. The molecule has 92 valence electrons. The van der Waals surface area contributed by atoms with Crippen molar-refractivity contribution in [2.75, 3.05) is 0 Å². The molecule has 0 spiro atoms. The summed E-state index contributed by atoms with van der Waals surface area (Å²) < 4.78 is 0. The zero-order chi connectivity index (χ0) is 12.4. The van der Waals surface area contributed by atoms with Crippen LogP contribution in [0.1, 0.15) is 61.8 Å². The number of rotatable bonds is 4. The summed E-state index contributed by atoms with van der Waals surface area (Å²) in [7, 11) is 0. The fraction of sp³-hybridized carbons (Fsp3) is 0.867. The van der Waals surface area contributed by atoms with Crippen LogP contribution < -0.4 is 0 Å². The topological polar surface area (TPSA) is 0 Å². The van der Waals surface area contributed by atoms with Crippen LogP contribution in [0.5, 0.6) is 0 Å². The summed E-state index contributed by atoms with van der Waals surface area (Å²) in [5.41, 5.74) is 0. The minimum absolute atomic E-state index is 0.706. The zero-order valence-electron chi connectivity index (χ0n) is 12.2. The van der Waals surface area contributed by atoms with E-state index in [1.807, 2.05) is 0 Å². The fourth-order valence-electron chi connectivity index (χ4n) is 1.39. The third kappa shape index (κ3) is 24.8. The first-order valence-electron chi connectivity index (χ1n) is 6.44. The van der Waals surface area contributed by atoms with Gasteiger partial charge in [0.25, 0.3) is 0 Å². The number of allylic oxidation sites excluding steroid dienone is 2. The van der Waals surface area contributed by atoms with Gasteiger partial charge in [0.05, 0.1) is 0 Å². The Kier molecular flexibility index (Phi) is 11.7. The average Bonchev–Trinajstić information content (AvgIpc) is 1.99. The molecule has 0 fully saturated rings. The van der Waals surface area contributed by atoms with E-state index in [1.54, 1.807) is 0 Å². The second-order valence-electron chi connectivity index (χ2n) is 5.90. The molecule has 0 heterocycles. The predicted octanol–water partition coefficient (Wildman–Crippen LogP) is 5.54. The van der Waals surface area contributed by atoms with Crippen molar-refractivity contribution >= 4 is 0 Å². The molecule has 0 rings (SSSR count). The molecule has 0 nitrogen and oxygen atoms in total. The summed E-state index contributed by atoms with van der Waals surface area (Å²) in [4.78, 5) is 0. The van der Waals surface area contributed by atoms with Crippen LogP contribution >= 0.6 is 0 Å². The van der Waals surface area contributed by atoms with Gasteiger partial charge in [-0.3, -0.25) is 0 Å². The first kappa shape index (κ1) is 17.1. The van der Waals surface area contributed by atoms with Gasteiger partial charge >= 0.3 is 0 Å². The molecule has 0 radical (unpaired) electrons. The molecule has 0 aromatic rings. The van der Waals surface area contributed by atoms with E-state index in [-0.39, 0.29) is 0 Å². The molecule has 0 N–H and O–H groups in total. The van der Waals surface area contributed by atoms with Crippen LogP contribution in [-0.4, -0.2) is 0 Å². The van der Waals surface area contributed by atoms with E-state index in [0.717, 1.165) is 11.8 Å². The fourth-order valence-corrected chi connectivity index (χ4v) is 1.39. The Balaban J connectivity index is 0. The summed E-state index contributed by atoms with van der Waals surface area (Å²) in [5.74, 6) is 3.16. The normalized spacial score (nSPS) is 11.7. The molecule has 0 heteroatoms. The molecule has 0 saturated heterocycles. The third-order valence-corrected chi connectivity index (χ3v) is 1.82. The molecule has 0 amide bonds. The van der Waals surface area contributed by atoms with Gasteiger partial charge in [-0.05, 0) is 30.1 Å². The quantitative estimate of drug-likeness (QED) is 0.536. The Morgan fingerprint density at radius 2 is 0.867 bits per heavy atom. The maximum absolute atomic E-state index is 2.26. The van der Waals surface area contributed by atoms with Gasteiger partial charge in [0.2, 0.25) is 0 Å². The van der Waals surface area contributed by atoms with Crippen molar-refractivity contribution in [2.45, 2.75) is 61.8 Å². The van der Waals surface area contributed by atoms with Gasteiger partial charge < -0.3 is 0 Å². The van der Waals surface area contributed by atoms with Crippen molar-refractivity contribution in [3.05, 3.63) is 12.2 Å². The molecule has 0 unspecified atom stereocenters. The minimum Gasteiger partial charge on any atom is -0.0857 e. The standard InChI is InChI=1S/C8H16.C7H16/c1-7(2)5-6-8(3)4;1-6(2)5-7(3)4/h5-8H,1-4H3;6-7H,5H2,1-4H3/b6-5+;. The highest BCUT2D eigenvalue weighted by molar-refractivity contribution is 4.86. The summed E-state index contributed by atoms with van der Waals surface area (Å²) in [6.07, 6.45) is 5.84. The van der Waals surface area contributed by atoms with Crippen LogP contribution in [0.4, 0.5) is 0 Å². The van der Waals surface area contributed by atoms with Crippen molar-refractivity contribution in [2.24, 2.45) is 23.7 Å². The lowest BCUT2D eigenvalue weighted by atomic mass is 10.0. The molecule has 0 bridgehead atoms. The van der Waals surface area contributed by atoms with Crippen LogP contribution in [0.2, 0.25) is 0 Å². The van der Waals surface area contributed by atoms with Gasteiger partial charge in [0, 0.05) is 0 Å². The highest BCUT2D eigenvalue weighted by Crippen LogP contribution is 2.08. The van der Waals surface area contributed by atoms with Gasteiger partial charge in [-0.15, -0.1) is 0 Å². The van der Waals surface area contributed by atoms with E-state index >= 15 is 0 Å². The predicted molar refractivity (Wildman–Crippen MR) is 73.1 cm³/mol. The molecular weight excluding hydrogens is 180 g/mol. The summed E-state index contributed by atoms with van der Waals surface area (Å²) in [6, 6.07) is 0. The lowest BCUT2D eigenvalue weighted by molar-refractivity contribution is 0.469. The second kappa shape index (κ2) is 10.3. The van der Waals surface area contributed by atoms with Crippen molar-refractivity contribution in [1.29, 1.82) is 0 Å². The molecule has 0 aromatic carbocycles. The molecule has 0 atom stereocenters. The van der Waals surface area contributed by atoms with E-state index in [2.05, 4.69) is 67.5 Å². The lowest BCUT2D eigenvalue weighted by Crippen LogP contribution is -1.93. The second-order valence-corrected chi connectivity index (χ2v) is 5.90. The highest BCUT2D eigenvalue weighted by Gasteiger charge is 1.95. The SMILES string of the molecule is CC(C)/C=C/C(C)C.CC(C)CC(C)C. The van der Waals surface area contributed by atoms with Crippen molar-refractivity contribution in [1.82, 2.24) is 0 Å². The first-order valence-corrected chi connectivity index (χ1v) is 6.44. The van der Waals surface area contributed by atoms with Crippen molar-refractivity contribution in [3.63, 3.8) is 0 Å². The minimum atomic E-state index is 0.706. The number of hydrogen-bond donors (Lipinski definition) is 0. The highest BCUT2D eigenvalue weighted by atomic mass is 14.0. The van der Waals surface area contributed by atoms with Gasteiger partial charge in [0.1, 0.15) is 0 Å². The van der Waals surface area contributed by atoms with Crippen molar-refractivity contribution < 1.29 is 0 Å². The van der Waals surface area contributed by atoms with E-state index in [4.69, 9.17) is 0 Å². The van der Waals surface area contributed by atoms with Crippen LogP contribution in [0.15, 0.2) is 12.2 Å². The number of hydrogen-bond acceptors (Lipinski definition) is 0. The van der Waals surface area contributed by atoms with E-state index in [0.29, 0.717) is 11.8 Å². The molecule has 15 heavy (non-hydrogen) atoms.